The van der Waals surface area contributed by atoms with Crippen molar-refractivity contribution < 1.29 is 9.32 Å². The maximum atomic E-state index is 11.5. The van der Waals surface area contributed by atoms with Crippen LogP contribution in [0.2, 0.25) is 0 Å². The molecule has 102 valence electrons. The molecule has 1 aromatic heterocycles. The van der Waals surface area contributed by atoms with Crippen molar-refractivity contribution in [2.24, 2.45) is 0 Å². The van der Waals surface area contributed by atoms with Crippen LogP contribution in [0.15, 0.2) is 10.6 Å². The number of carbonyl (C=O) groups excluding carboxylic acids is 1. The standard InChI is InChI=1S/C12H22N4O2/c1-10-9-11(15-18-10)13-7-5-12(17)14-6-4-8-16(2)3/h9H,4-8H2,1-3H3,(H,13,15)(H,14,17). The minimum absolute atomic E-state index is 0.0569. The normalized spacial score (nSPS) is 10.7. The zero-order chi connectivity index (χ0) is 13.4. The Kier molecular flexibility index (Phi) is 6.21. The highest BCUT2D eigenvalue weighted by atomic mass is 16.5. The Morgan fingerprint density at radius 3 is 2.83 bits per heavy atom. The first-order valence-corrected chi connectivity index (χ1v) is 6.16. The van der Waals surface area contributed by atoms with Gasteiger partial charge < -0.3 is 20.1 Å². The number of anilines is 1. The van der Waals surface area contributed by atoms with Gasteiger partial charge in [0.05, 0.1) is 0 Å². The number of amides is 1. The first-order chi connectivity index (χ1) is 8.58. The van der Waals surface area contributed by atoms with Gasteiger partial charge in [-0.15, -0.1) is 0 Å². The van der Waals surface area contributed by atoms with Gasteiger partial charge in [-0.05, 0) is 34.0 Å². The van der Waals surface area contributed by atoms with Crippen LogP contribution in [-0.4, -0.2) is 49.7 Å². The van der Waals surface area contributed by atoms with E-state index in [2.05, 4.69) is 20.7 Å². The zero-order valence-corrected chi connectivity index (χ0v) is 11.3. The van der Waals surface area contributed by atoms with Crippen LogP contribution in [0.3, 0.4) is 0 Å². The molecule has 0 unspecified atom stereocenters. The zero-order valence-electron chi connectivity index (χ0n) is 11.3. The van der Waals surface area contributed by atoms with Crippen LogP contribution >= 0.6 is 0 Å². The molecule has 18 heavy (non-hydrogen) atoms. The first kappa shape index (κ1) is 14.5. The molecule has 6 heteroatoms. The molecule has 0 aliphatic carbocycles. The highest BCUT2D eigenvalue weighted by molar-refractivity contribution is 5.76. The Balaban J connectivity index is 2.03. The largest absolute Gasteiger partial charge is 0.367 e. The topological polar surface area (TPSA) is 70.4 Å². The summed E-state index contributed by atoms with van der Waals surface area (Å²) in [5.74, 6) is 1.49. The van der Waals surface area contributed by atoms with Crippen LogP contribution in [0.4, 0.5) is 5.82 Å². The Morgan fingerprint density at radius 2 is 2.22 bits per heavy atom. The SMILES string of the molecule is Cc1cc(NCCC(=O)NCCCN(C)C)no1. The molecule has 1 rings (SSSR count). The van der Waals surface area contributed by atoms with Gasteiger partial charge in [-0.25, -0.2) is 0 Å². The van der Waals surface area contributed by atoms with Gasteiger partial charge in [-0.2, -0.15) is 0 Å². The summed E-state index contributed by atoms with van der Waals surface area (Å²) in [6, 6.07) is 1.80. The highest BCUT2D eigenvalue weighted by Crippen LogP contribution is 2.06. The van der Waals surface area contributed by atoms with E-state index in [1.807, 2.05) is 21.0 Å². The van der Waals surface area contributed by atoms with E-state index in [-0.39, 0.29) is 5.91 Å². The van der Waals surface area contributed by atoms with Gasteiger partial charge in [0.25, 0.3) is 0 Å². The molecule has 0 fully saturated rings. The summed E-state index contributed by atoms with van der Waals surface area (Å²) in [5.41, 5.74) is 0. The van der Waals surface area contributed by atoms with Crippen molar-refractivity contribution in [1.29, 1.82) is 0 Å². The molecule has 6 nitrogen and oxygen atoms in total. The molecule has 0 radical (unpaired) electrons. The second-order valence-corrected chi connectivity index (χ2v) is 4.51. The molecular weight excluding hydrogens is 232 g/mol. The molecule has 0 aliphatic rings. The van der Waals surface area contributed by atoms with E-state index in [4.69, 9.17) is 4.52 Å². The lowest BCUT2D eigenvalue weighted by Crippen LogP contribution is -2.28. The van der Waals surface area contributed by atoms with Crippen LogP contribution in [0.1, 0.15) is 18.6 Å². The summed E-state index contributed by atoms with van der Waals surface area (Å²) >= 11 is 0. The fraction of sp³-hybridized carbons (Fsp3) is 0.667. The molecule has 0 saturated carbocycles. The Bertz CT molecular complexity index is 363. The molecule has 0 bridgehead atoms. The third kappa shape index (κ3) is 6.24. The third-order valence-corrected chi connectivity index (χ3v) is 2.39. The molecule has 1 aromatic rings. The number of nitrogens with zero attached hydrogens (tertiary/aromatic N) is 2. The van der Waals surface area contributed by atoms with Crippen molar-refractivity contribution in [1.82, 2.24) is 15.4 Å². The molecule has 0 spiro atoms. The maximum absolute atomic E-state index is 11.5. The van der Waals surface area contributed by atoms with Gasteiger partial charge in [0.2, 0.25) is 5.91 Å². The second kappa shape index (κ2) is 7.71. The predicted octanol–water partition coefficient (Wildman–Crippen LogP) is 0.853. The van der Waals surface area contributed by atoms with Gasteiger partial charge in [-0.3, -0.25) is 4.79 Å². The quantitative estimate of drug-likeness (QED) is 0.673. The van der Waals surface area contributed by atoms with Crippen LogP contribution < -0.4 is 10.6 Å². The summed E-state index contributed by atoms with van der Waals surface area (Å²) in [6.45, 7) is 4.10. The van der Waals surface area contributed by atoms with Gasteiger partial charge in [-0.1, -0.05) is 5.16 Å². The van der Waals surface area contributed by atoms with Crippen molar-refractivity contribution in [2.45, 2.75) is 19.8 Å². The van der Waals surface area contributed by atoms with E-state index in [9.17, 15) is 4.79 Å². The number of aromatic nitrogens is 1. The number of aryl methyl sites for hydroxylation is 1. The Labute approximate surface area is 108 Å². The summed E-state index contributed by atoms with van der Waals surface area (Å²) in [6.07, 6.45) is 1.41. The lowest BCUT2D eigenvalue weighted by atomic mass is 10.3. The molecule has 0 aromatic carbocycles. The Hall–Kier alpha value is -1.56. The monoisotopic (exact) mass is 254 g/mol. The fourth-order valence-electron chi connectivity index (χ4n) is 1.47. The van der Waals surface area contributed by atoms with Crippen molar-refractivity contribution in [3.05, 3.63) is 11.8 Å². The van der Waals surface area contributed by atoms with Crippen LogP contribution in [0, 0.1) is 6.92 Å². The van der Waals surface area contributed by atoms with Crippen LogP contribution in [0.25, 0.3) is 0 Å². The van der Waals surface area contributed by atoms with Crippen LogP contribution in [0.5, 0.6) is 0 Å². The molecule has 0 saturated heterocycles. The number of nitrogens with one attached hydrogen (secondary N) is 2. The van der Waals surface area contributed by atoms with Crippen molar-refractivity contribution in [3.63, 3.8) is 0 Å². The summed E-state index contributed by atoms with van der Waals surface area (Å²) in [7, 11) is 4.04. The van der Waals surface area contributed by atoms with E-state index in [1.54, 1.807) is 6.07 Å². The van der Waals surface area contributed by atoms with E-state index >= 15 is 0 Å². The minimum Gasteiger partial charge on any atom is -0.367 e. The predicted molar refractivity (Wildman–Crippen MR) is 70.5 cm³/mol. The number of hydrogen-bond donors (Lipinski definition) is 2. The lowest BCUT2D eigenvalue weighted by molar-refractivity contribution is -0.120. The average Bonchev–Trinajstić information content (AvgIpc) is 2.70. The summed E-state index contributed by atoms with van der Waals surface area (Å²) in [4.78, 5) is 13.6. The van der Waals surface area contributed by atoms with Crippen LogP contribution in [-0.2, 0) is 4.79 Å². The number of rotatable bonds is 8. The molecule has 1 amide bonds. The smallest absolute Gasteiger partial charge is 0.221 e. The molecule has 0 atom stereocenters. The van der Waals surface area contributed by atoms with E-state index in [1.165, 1.54) is 0 Å². The van der Waals surface area contributed by atoms with Gasteiger partial charge in [0.15, 0.2) is 5.82 Å². The lowest BCUT2D eigenvalue weighted by Gasteiger charge is -2.09. The average molecular weight is 254 g/mol. The number of carbonyl (C=O) groups is 1. The fourth-order valence-corrected chi connectivity index (χ4v) is 1.47. The molecule has 0 aliphatic heterocycles. The van der Waals surface area contributed by atoms with E-state index in [0.29, 0.717) is 18.8 Å². The third-order valence-electron chi connectivity index (χ3n) is 2.39. The maximum Gasteiger partial charge on any atom is 0.221 e. The summed E-state index contributed by atoms with van der Waals surface area (Å²) < 4.78 is 4.91. The van der Waals surface area contributed by atoms with Gasteiger partial charge in [0.1, 0.15) is 5.76 Å². The van der Waals surface area contributed by atoms with Gasteiger partial charge in [0, 0.05) is 25.6 Å². The molecule has 1 heterocycles. The van der Waals surface area contributed by atoms with Crippen molar-refractivity contribution in [2.75, 3.05) is 39.0 Å². The highest BCUT2D eigenvalue weighted by Gasteiger charge is 2.02. The number of hydrogen-bond acceptors (Lipinski definition) is 5. The van der Waals surface area contributed by atoms with E-state index in [0.717, 1.165) is 25.3 Å². The summed E-state index contributed by atoms with van der Waals surface area (Å²) in [5, 5.41) is 9.70. The van der Waals surface area contributed by atoms with Crippen molar-refractivity contribution >= 4 is 11.7 Å². The second-order valence-electron chi connectivity index (χ2n) is 4.51. The Morgan fingerprint density at radius 1 is 1.44 bits per heavy atom. The van der Waals surface area contributed by atoms with Gasteiger partial charge >= 0.3 is 0 Å². The minimum atomic E-state index is 0.0569. The van der Waals surface area contributed by atoms with Crippen molar-refractivity contribution in [3.8, 4) is 0 Å². The first-order valence-electron chi connectivity index (χ1n) is 6.16. The van der Waals surface area contributed by atoms with E-state index < -0.39 is 0 Å². The molecular formula is C12H22N4O2. The molecule has 2 N–H and O–H groups in total.